The van der Waals surface area contributed by atoms with Crippen molar-refractivity contribution in [1.82, 2.24) is 9.78 Å². The quantitative estimate of drug-likeness (QED) is 0.586. The molecular weight excluding hydrogens is 359 g/mol. The van der Waals surface area contributed by atoms with Gasteiger partial charge in [0, 0.05) is 9.86 Å². The molecule has 0 N–H and O–H groups in total. The van der Waals surface area contributed by atoms with Gasteiger partial charge < -0.3 is 0 Å². The van der Waals surface area contributed by atoms with E-state index in [0.717, 1.165) is 26.6 Å². The van der Waals surface area contributed by atoms with Crippen LogP contribution in [0.25, 0.3) is 10.9 Å². The standard InChI is InChI=1S/C15H11BrCl2N2/c1-9-12-6-5-11(16)7-14(12)20(19-9)8-10-3-2-4-13(17)15(10)18/h2-7H,8H2,1H3. The molecule has 2 aromatic carbocycles. The highest BCUT2D eigenvalue weighted by atomic mass is 79.9. The van der Waals surface area contributed by atoms with Gasteiger partial charge in [-0.15, -0.1) is 0 Å². The zero-order valence-electron chi connectivity index (χ0n) is 10.7. The molecule has 1 aromatic heterocycles. The molecule has 0 atom stereocenters. The summed E-state index contributed by atoms with van der Waals surface area (Å²) in [5.74, 6) is 0. The van der Waals surface area contributed by atoms with E-state index in [1.165, 1.54) is 0 Å². The van der Waals surface area contributed by atoms with Gasteiger partial charge in [-0.2, -0.15) is 5.10 Å². The molecule has 102 valence electrons. The van der Waals surface area contributed by atoms with Crippen LogP contribution in [0.2, 0.25) is 10.0 Å². The lowest BCUT2D eigenvalue weighted by Crippen LogP contribution is -2.02. The van der Waals surface area contributed by atoms with E-state index in [1.54, 1.807) is 6.07 Å². The Morgan fingerprint density at radius 1 is 1.20 bits per heavy atom. The van der Waals surface area contributed by atoms with Crippen molar-refractivity contribution >= 4 is 50.0 Å². The number of rotatable bonds is 2. The van der Waals surface area contributed by atoms with Crippen molar-refractivity contribution in [1.29, 1.82) is 0 Å². The summed E-state index contributed by atoms with van der Waals surface area (Å²) >= 11 is 15.8. The third kappa shape index (κ3) is 2.46. The molecule has 0 saturated heterocycles. The van der Waals surface area contributed by atoms with Crippen LogP contribution in [0.3, 0.4) is 0 Å². The average molecular weight is 370 g/mol. The Balaban J connectivity index is 2.11. The zero-order valence-corrected chi connectivity index (χ0v) is 13.8. The SMILES string of the molecule is Cc1nn(Cc2cccc(Cl)c2Cl)c2cc(Br)ccc12. The first-order valence-corrected chi connectivity index (χ1v) is 7.66. The summed E-state index contributed by atoms with van der Waals surface area (Å²) in [6, 6.07) is 11.8. The fourth-order valence-corrected chi connectivity index (χ4v) is 2.99. The second kappa shape index (κ2) is 5.40. The van der Waals surface area contributed by atoms with Crippen molar-refractivity contribution in [2.24, 2.45) is 0 Å². The van der Waals surface area contributed by atoms with E-state index in [-0.39, 0.29) is 0 Å². The molecule has 3 rings (SSSR count). The molecular formula is C15H11BrCl2N2. The maximum absolute atomic E-state index is 6.25. The number of benzene rings is 2. The summed E-state index contributed by atoms with van der Waals surface area (Å²) < 4.78 is 2.98. The number of aryl methyl sites for hydroxylation is 1. The van der Waals surface area contributed by atoms with Gasteiger partial charge in [0.05, 0.1) is 27.8 Å². The summed E-state index contributed by atoms with van der Waals surface area (Å²) in [5, 5.41) is 6.89. The molecule has 5 heteroatoms. The minimum Gasteiger partial charge on any atom is -0.260 e. The van der Waals surface area contributed by atoms with Crippen molar-refractivity contribution in [3.8, 4) is 0 Å². The molecule has 2 nitrogen and oxygen atoms in total. The molecule has 3 aromatic rings. The summed E-state index contributed by atoms with van der Waals surface area (Å²) in [7, 11) is 0. The van der Waals surface area contributed by atoms with Gasteiger partial charge in [0.2, 0.25) is 0 Å². The Hall–Kier alpha value is -1.03. The van der Waals surface area contributed by atoms with Crippen molar-refractivity contribution in [3.05, 3.63) is 62.2 Å². The van der Waals surface area contributed by atoms with Crippen LogP contribution in [0, 0.1) is 6.92 Å². The maximum Gasteiger partial charge on any atom is 0.0700 e. The van der Waals surface area contributed by atoms with Gasteiger partial charge in [0.15, 0.2) is 0 Å². The van der Waals surface area contributed by atoms with E-state index in [2.05, 4.69) is 33.2 Å². The fourth-order valence-electron chi connectivity index (χ4n) is 2.27. The van der Waals surface area contributed by atoms with Gasteiger partial charge in [0.25, 0.3) is 0 Å². The summed E-state index contributed by atoms with van der Waals surface area (Å²) in [5.41, 5.74) is 3.04. The van der Waals surface area contributed by atoms with Crippen LogP contribution < -0.4 is 0 Å². The largest absolute Gasteiger partial charge is 0.260 e. The molecule has 1 heterocycles. The van der Waals surface area contributed by atoms with Crippen LogP contribution in [0.5, 0.6) is 0 Å². The Labute approximate surface area is 135 Å². The molecule has 0 bridgehead atoms. The monoisotopic (exact) mass is 368 g/mol. The van der Waals surface area contributed by atoms with E-state index in [0.29, 0.717) is 16.6 Å². The fraction of sp³-hybridized carbons (Fsp3) is 0.133. The molecule has 0 spiro atoms. The lowest BCUT2D eigenvalue weighted by Gasteiger charge is -2.07. The van der Waals surface area contributed by atoms with Gasteiger partial charge in [0.1, 0.15) is 0 Å². The van der Waals surface area contributed by atoms with Crippen molar-refractivity contribution in [2.75, 3.05) is 0 Å². The van der Waals surface area contributed by atoms with Crippen LogP contribution in [-0.2, 0) is 6.54 Å². The minimum atomic E-state index is 0.568. The van der Waals surface area contributed by atoms with Crippen LogP contribution in [0.1, 0.15) is 11.3 Å². The first kappa shape index (κ1) is 13.9. The number of aromatic nitrogens is 2. The summed E-state index contributed by atoms with van der Waals surface area (Å²) in [4.78, 5) is 0. The summed E-state index contributed by atoms with van der Waals surface area (Å²) in [6.07, 6.45) is 0. The first-order chi connectivity index (χ1) is 9.56. The van der Waals surface area contributed by atoms with E-state index < -0.39 is 0 Å². The van der Waals surface area contributed by atoms with Crippen LogP contribution in [0.4, 0.5) is 0 Å². The molecule has 0 aliphatic carbocycles. The normalized spacial score (nSPS) is 11.2. The van der Waals surface area contributed by atoms with Crippen molar-refractivity contribution in [3.63, 3.8) is 0 Å². The Morgan fingerprint density at radius 2 is 2.00 bits per heavy atom. The lowest BCUT2D eigenvalue weighted by atomic mass is 10.2. The van der Waals surface area contributed by atoms with E-state index in [1.807, 2.05) is 29.8 Å². The molecule has 0 aliphatic rings. The van der Waals surface area contributed by atoms with Crippen LogP contribution in [-0.4, -0.2) is 9.78 Å². The summed E-state index contributed by atoms with van der Waals surface area (Å²) in [6.45, 7) is 2.60. The molecule has 0 aliphatic heterocycles. The highest BCUT2D eigenvalue weighted by molar-refractivity contribution is 9.10. The predicted octanol–water partition coefficient (Wildman–Crippen LogP) is 5.46. The Kier molecular flexibility index (Phi) is 3.76. The van der Waals surface area contributed by atoms with E-state index in [4.69, 9.17) is 23.2 Å². The van der Waals surface area contributed by atoms with Crippen LogP contribution in [0.15, 0.2) is 40.9 Å². The van der Waals surface area contributed by atoms with Gasteiger partial charge in [-0.25, -0.2) is 0 Å². The number of nitrogens with zero attached hydrogens (tertiary/aromatic N) is 2. The van der Waals surface area contributed by atoms with Gasteiger partial charge in [-0.3, -0.25) is 4.68 Å². The van der Waals surface area contributed by atoms with Crippen LogP contribution >= 0.6 is 39.1 Å². The number of fused-ring (bicyclic) bond motifs is 1. The third-order valence-corrected chi connectivity index (χ3v) is 4.60. The average Bonchev–Trinajstić information content (AvgIpc) is 2.71. The smallest absolute Gasteiger partial charge is 0.0700 e. The number of halogens is 3. The molecule has 0 radical (unpaired) electrons. The van der Waals surface area contributed by atoms with E-state index >= 15 is 0 Å². The van der Waals surface area contributed by atoms with Gasteiger partial charge in [-0.05, 0) is 36.8 Å². The highest BCUT2D eigenvalue weighted by Gasteiger charge is 2.10. The molecule has 0 amide bonds. The number of hydrogen-bond donors (Lipinski definition) is 0. The Morgan fingerprint density at radius 3 is 2.80 bits per heavy atom. The molecule has 20 heavy (non-hydrogen) atoms. The molecule has 0 unspecified atom stereocenters. The third-order valence-electron chi connectivity index (χ3n) is 3.25. The lowest BCUT2D eigenvalue weighted by molar-refractivity contribution is 0.703. The van der Waals surface area contributed by atoms with Gasteiger partial charge in [-0.1, -0.05) is 51.3 Å². The molecule has 0 fully saturated rings. The van der Waals surface area contributed by atoms with Crippen molar-refractivity contribution in [2.45, 2.75) is 13.5 Å². The van der Waals surface area contributed by atoms with Gasteiger partial charge >= 0.3 is 0 Å². The zero-order chi connectivity index (χ0) is 14.3. The second-order valence-corrected chi connectivity index (χ2v) is 6.32. The van der Waals surface area contributed by atoms with Crippen molar-refractivity contribution < 1.29 is 0 Å². The number of hydrogen-bond acceptors (Lipinski definition) is 1. The highest BCUT2D eigenvalue weighted by Crippen LogP contribution is 2.28. The minimum absolute atomic E-state index is 0.568. The molecule has 0 saturated carbocycles. The topological polar surface area (TPSA) is 17.8 Å². The van der Waals surface area contributed by atoms with E-state index in [9.17, 15) is 0 Å². The maximum atomic E-state index is 6.25. The predicted molar refractivity (Wildman–Crippen MR) is 87.7 cm³/mol. The first-order valence-electron chi connectivity index (χ1n) is 6.12. The second-order valence-electron chi connectivity index (χ2n) is 4.62. The Bertz CT molecular complexity index is 796.